The molecule has 3 N–H and O–H groups in total. The molecular weight excluding hydrogens is 258 g/mol. The first kappa shape index (κ1) is 16.7. The lowest BCUT2D eigenvalue weighted by atomic mass is 10.1. The van der Waals surface area contributed by atoms with E-state index >= 15 is 0 Å². The summed E-state index contributed by atoms with van der Waals surface area (Å²) < 4.78 is 0. The molecule has 0 spiro atoms. The fourth-order valence-corrected chi connectivity index (χ4v) is 1.08. The maximum Gasteiger partial charge on any atom is 0.321 e. The molecule has 7 heteroatoms. The molecule has 6 nitrogen and oxygen atoms in total. The second-order valence-corrected chi connectivity index (χ2v) is 5.56. The summed E-state index contributed by atoms with van der Waals surface area (Å²) in [7, 11) is 0. The zero-order chi connectivity index (χ0) is 14.3. The number of hydrogen-bond acceptors (Lipinski definition) is 3. The van der Waals surface area contributed by atoms with Gasteiger partial charge in [0.2, 0.25) is 11.8 Å². The van der Waals surface area contributed by atoms with E-state index in [0.717, 1.165) is 0 Å². The second kappa shape index (κ2) is 7.20. The molecule has 104 valence electrons. The number of hydrogen-bond donors (Lipinski definition) is 3. The number of nitrogens with one attached hydrogen (secondary N) is 3. The predicted molar refractivity (Wildman–Crippen MR) is 69.4 cm³/mol. The summed E-state index contributed by atoms with van der Waals surface area (Å²) in [6.07, 6.45) is 0.148. The quantitative estimate of drug-likeness (QED) is 0.663. The number of rotatable bonds is 4. The molecule has 0 fully saturated rings. The van der Waals surface area contributed by atoms with Crippen LogP contribution < -0.4 is 16.0 Å². The summed E-state index contributed by atoms with van der Waals surface area (Å²) in [5.41, 5.74) is -0.302. The minimum absolute atomic E-state index is 0.148. The maximum absolute atomic E-state index is 11.4. The van der Waals surface area contributed by atoms with Gasteiger partial charge in [0.1, 0.15) is 5.38 Å². The van der Waals surface area contributed by atoms with Gasteiger partial charge in [-0.1, -0.05) is 0 Å². The summed E-state index contributed by atoms with van der Waals surface area (Å²) >= 11 is 5.47. The molecule has 0 aliphatic heterocycles. The Balaban J connectivity index is 3.82. The van der Waals surface area contributed by atoms with Crippen LogP contribution >= 0.6 is 11.6 Å². The molecule has 0 bridgehead atoms. The first-order valence-corrected chi connectivity index (χ1v) is 6.09. The Kier molecular flexibility index (Phi) is 6.68. The van der Waals surface area contributed by atoms with Gasteiger partial charge in [0.25, 0.3) is 0 Å². The van der Waals surface area contributed by atoms with Crippen molar-refractivity contribution < 1.29 is 14.4 Å². The van der Waals surface area contributed by atoms with E-state index in [1.165, 1.54) is 6.92 Å². The Bertz CT molecular complexity index is 324. The van der Waals surface area contributed by atoms with Gasteiger partial charge in [-0.3, -0.25) is 14.9 Å². The van der Waals surface area contributed by atoms with E-state index in [1.54, 1.807) is 0 Å². The minimum atomic E-state index is -0.778. The molecule has 1 atom stereocenters. The van der Waals surface area contributed by atoms with Crippen LogP contribution in [0.25, 0.3) is 0 Å². The lowest BCUT2D eigenvalue weighted by Gasteiger charge is -2.20. The molecule has 18 heavy (non-hydrogen) atoms. The summed E-state index contributed by atoms with van der Waals surface area (Å²) in [5.74, 6) is -0.742. The molecular formula is C11H20ClN3O3. The molecule has 0 aromatic rings. The van der Waals surface area contributed by atoms with Gasteiger partial charge in [-0.15, -0.1) is 11.6 Å². The molecule has 1 unspecified atom stereocenters. The van der Waals surface area contributed by atoms with Crippen LogP contribution in [0.3, 0.4) is 0 Å². The fraction of sp³-hybridized carbons (Fsp3) is 0.727. The van der Waals surface area contributed by atoms with Gasteiger partial charge < -0.3 is 10.6 Å². The zero-order valence-corrected chi connectivity index (χ0v) is 11.9. The summed E-state index contributed by atoms with van der Waals surface area (Å²) in [6.45, 7) is 7.21. The summed E-state index contributed by atoms with van der Waals surface area (Å²) in [4.78, 5) is 33.6. The van der Waals surface area contributed by atoms with Crippen LogP contribution in [-0.4, -0.2) is 35.3 Å². The summed E-state index contributed by atoms with van der Waals surface area (Å²) in [6, 6.07) is -0.656. The number of carbonyl (C=O) groups excluding carboxylic acids is 3. The average Bonchev–Trinajstić information content (AvgIpc) is 2.14. The van der Waals surface area contributed by atoms with Crippen LogP contribution in [-0.2, 0) is 9.59 Å². The second-order valence-electron chi connectivity index (χ2n) is 4.91. The van der Waals surface area contributed by atoms with Gasteiger partial charge in [0.15, 0.2) is 0 Å². The van der Waals surface area contributed by atoms with Gasteiger partial charge in [-0.05, 0) is 27.7 Å². The van der Waals surface area contributed by atoms with Crippen LogP contribution in [0.1, 0.15) is 34.1 Å². The zero-order valence-electron chi connectivity index (χ0n) is 11.1. The van der Waals surface area contributed by atoms with Crippen LogP contribution in [0.15, 0.2) is 0 Å². The third kappa shape index (κ3) is 8.81. The van der Waals surface area contributed by atoms with Gasteiger partial charge in [-0.2, -0.15) is 0 Å². The highest BCUT2D eigenvalue weighted by Gasteiger charge is 2.15. The predicted octanol–water partition coefficient (Wildman–Crippen LogP) is 0.744. The highest BCUT2D eigenvalue weighted by molar-refractivity contribution is 6.31. The maximum atomic E-state index is 11.4. The van der Waals surface area contributed by atoms with Crippen molar-refractivity contribution in [2.45, 2.75) is 45.0 Å². The topological polar surface area (TPSA) is 87.3 Å². The van der Waals surface area contributed by atoms with Crippen molar-refractivity contribution in [1.82, 2.24) is 16.0 Å². The lowest BCUT2D eigenvalue weighted by molar-refractivity contribution is -0.122. The smallest absolute Gasteiger partial charge is 0.321 e. The third-order valence-corrected chi connectivity index (χ3v) is 1.95. The molecule has 4 amide bonds. The SMILES string of the molecule is CC(Cl)C(=O)NC(=O)NCCC(=O)NC(C)(C)C. The van der Waals surface area contributed by atoms with Crippen molar-refractivity contribution >= 4 is 29.4 Å². The molecule has 0 radical (unpaired) electrons. The molecule has 0 aliphatic carbocycles. The highest BCUT2D eigenvalue weighted by Crippen LogP contribution is 1.98. The molecule has 0 rings (SSSR count). The normalized spacial score (nSPS) is 12.5. The van der Waals surface area contributed by atoms with Crippen molar-refractivity contribution in [2.75, 3.05) is 6.54 Å². The van der Waals surface area contributed by atoms with Gasteiger partial charge in [0, 0.05) is 18.5 Å². The van der Waals surface area contributed by atoms with Gasteiger partial charge in [0.05, 0.1) is 0 Å². The average molecular weight is 278 g/mol. The molecule has 0 saturated heterocycles. The number of halogens is 1. The van der Waals surface area contributed by atoms with E-state index in [1.807, 2.05) is 26.1 Å². The lowest BCUT2D eigenvalue weighted by Crippen LogP contribution is -2.45. The Labute approximate surface area is 112 Å². The number of carbonyl (C=O) groups is 3. The first-order chi connectivity index (χ1) is 8.11. The first-order valence-electron chi connectivity index (χ1n) is 5.65. The Morgan fingerprint density at radius 2 is 1.78 bits per heavy atom. The van der Waals surface area contributed by atoms with Gasteiger partial charge in [-0.25, -0.2) is 4.79 Å². The molecule has 0 saturated carbocycles. The molecule has 0 heterocycles. The number of amides is 4. The van der Waals surface area contributed by atoms with E-state index in [4.69, 9.17) is 11.6 Å². The van der Waals surface area contributed by atoms with Gasteiger partial charge >= 0.3 is 6.03 Å². The van der Waals surface area contributed by atoms with Crippen molar-refractivity contribution in [2.24, 2.45) is 0 Å². The fourth-order valence-electron chi connectivity index (χ4n) is 1.03. The number of urea groups is 1. The van der Waals surface area contributed by atoms with E-state index in [0.29, 0.717) is 0 Å². The third-order valence-electron chi connectivity index (χ3n) is 1.75. The Morgan fingerprint density at radius 3 is 2.22 bits per heavy atom. The molecule has 0 aromatic heterocycles. The van der Waals surface area contributed by atoms with E-state index in [2.05, 4.69) is 10.6 Å². The van der Waals surface area contributed by atoms with E-state index in [9.17, 15) is 14.4 Å². The van der Waals surface area contributed by atoms with Crippen molar-refractivity contribution in [3.05, 3.63) is 0 Å². The Hall–Kier alpha value is -1.30. The molecule has 0 aromatic carbocycles. The van der Waals surface area contributed by atoms with Crippen molar-refractivity contribution in [1.29, 1.82) is 0 Å². The van der Waals surface area contributed by atoms with Crippen LogP contribution in [0.5, 0.6) is 0 Å². The monoisotopic (exact) mass is 277 g/mol. The minimum Gasteiger partial charge on any atom is -0.351 e. The van der Waals surface area contributed by atoms with Crippen LogP contribution in [0.4, 0.5) is 4.79 Å². The molecule has 0 aliphatic rings. The standard InChI is InChI=1S/C11H20ClN3O3/c1-7(12)9(17)14-10(18)13-6-5-8(16)15-11(2,3)4/h7H,5-6H2,1-4H3,(H,15,16)(H2,13,14,17,18). The number of alkyl halides is 1. The largest absolute Gasteiger partial charge is 0.351 e. The van der Waals surface area contributed by atoms with Crippen molar-refractivity contribution in [3.63, 3.8) is 0 Å². The van der Waals surface area contributed by atoms with Crippen LogP contribution in [0.2, 0.25) is 0 Å². The Morgan fingerprint density at radius 1 is 1.22 bits per heavy atom. The van der Waals surface area contributed by atoms with Crippen LogP contribution in [0, 0.1) is 0 Å². The summed E-state index contributed by atoms with van der Waals surface area (Å²) in [5, 5.41) is 6.42. The van der Waals surface area contributed by atoms with Crippen molar-refractivity contribution in [3.8, 4) is 0 Å². The van der Waals surface area contributed by atoms with E-state index < -0.39 is 17.3 Å². The number of imide groups is 1. The highest BCUT2D eigenvalue weighted by atomic mass is 35.5. The van der Waals surface area contributed by atoms with E-state index in [-0.39, 0.29) is 24.4 Å².